The summed E-state index contributed by atoms with van der Waals surface area (Å²) in [6.07, 6.45) is 1.77. The van der Waals surface area contributed by atoms with Gasteiger partial charge in [-0.05, 0) is 63.3 Å². The molecular weight excluding hydrogens is 489 g/mol. The smallest absolute Gasteiger partial charge is 0.133 e. The van der Waals surface area contributed by atoms with E-state index in [1.54, 1.807) is 6.92 Å². The number of hydrogen-bond acceptors (Lipinski definition) is 4. The molecule has 204 valence electrons. The summed E-state index contributed by atoms with van der Waals surface area (Å²) in [7, 11) is 0. The number of alkyl halides is 1. The zero-order valence-electron chi connectivity index (χ0n) is 22.1. The van der Waals surface area contributed by atoms with Crippen LogP contribution in [0.4, 0.5) is 18.9 Å². The first-order valence-electron chi connectivity index (χ1n) is 13.5. The second-order valence-corrected chi connectivity index (χ2v) is 10.9. The first-order chi connectivity index (χ1) is 18.3. The predicted octanol–water partition coefficient (Wildman–Crippen LogP) is 5.91. The molecule has 5 nitrogen and oxygen atoms in total. The molecule has 38 heavy (non-hydrogen) atoms. The van der Waals surface area contributed by atoms with Gasteiger partial charge in [-0.25, -0.2) is 8.78 Å². The maximum atomic E-state index is 15.9. The largest absolute Gasteiger partial charge is 0.393 e. The van der Waals surface area contributed by atoms with Crippen LogP contribution in [0.2, 0.25) is 0 Å². The lowest BCUT2D eigenvalue weighted by molar-refractivity contribution is 0.155. The van der Waals surface area contributed by atoms with Crippen LogP contribution in [0.5, 0.6) is 0 Å². The van der Waals surface area contributed by atoms with Gasteiger partial charge in [0.2, 0.25) is 0 Å². The number of allylic oxidation sites excluding steroid dienone is 1. The average molecular weight is 527 g/mol. The third-order valence-electron chi connectivity index (χ3n) is 7.88. The van der Waals surface area contributed by atoms with Gasteiger partial charge in [-0.15, -0.1) is 0 Å². The van der Waals surface area contributed by atoms with E-state index in [1.807, 2.05) is 29.2 Å². The number of anilines is 1. The van der Waals surface area contributed by atoms with Gasteiger partial charge in [0.05, 0.1) is 24.4 Å². The van der Waals surface area contributed by atoms with Crippen molar-refractivity contribution in [2.75, 3.05) is 31.6 Å². The lowest BCUT2D eigenvalue weighted by atomic mass is 9.87. The second-order valence-electron chi connectivity index (χ2n) is 10.9. The molecule has 3 heterocycles. The summed E-state index contributed by atoms with van der Waals surface area (Å²) in [4.78, 5) is 7.60. The zero-order valence-corrected chi connectivity index (χ0v) is 22.1. The third-order valence-corrected chi connectivity index (χ3v) is 7.88. The number of nitrogens with one attached hydrogen (secondary N) is 2. The SMILES string of the molecule is C=C(CC[C@@H](C)O)N1[C@@H](c2c(F)cc(NC3CN(CCCF)C3)cc2F)c2[nH]c3ccccc3c2C[C@@H]1C. The minimum atomic E-state index is -0.711. The molecule has 0 unspecified atom stereocenters. The van der Waals surface area contributed by atoms with Crippen LogP contribution in [-0.2, 0) is 6.42 Å². The summed E-state index contributed by atoms with van der Waals surface area (Å²) in [6.45, 7) is 9.87. The molecule has 2 aliphatic heterocycles. The van der Waals surface area contributed by atoms with E-state index in [0.29, 0.717) is 37.9 Å². The van der Waals surface area contributed by atoms with Crippen molar-refractivity contribution in [2.24, 2.45) is 0 Å². The van der Waals surface area contributed by atoms with E-state index in [2.05, 4.69) is 28.7 Å². The molecule has 0 radical (unpaired) electrons. The van der Waals surface area contributed by atoms with Gasteiger partial charge >= 0.3 is 0 Å². The molecule has 3 N–H and O–H groups in total. The number of aliphatic hydroxyl groups is 1. The highest BCUT2D eigenvalue weighted by atomic mass is 19.1. The van der Waals surface area contributed by atoms with E-state index in [1.165, 1.54) is 12.1 Å². The van der Waals surface area contributed by atoms with Gasteiger partial charge in [-0.3, -0.25) is 9.29 Å². The molecule has 8 heteroatoms. The molecule has 0 bridgehead atoms. The summed E-state index contributed by atoms with van der Waals surface area (Å²) in [6, 6.07) is 10.0. The van der Waals surface area contributed by atoms with Gasteiger partial charge < -0.3 is 20.3 Å². The third kappa shape index (κ3) is 5.16. The van der Waals surface area contributed by atoms with Crippen molar-refractivity contribution in [1.29, 1.82) is 0 Å². The van der Waals surface area contributed by atoms with Crippen molar-refractivity contribution in [3.05, 3.63) is 77.1 Å². The van der Waals surface area contributed by atoms with Crippen molar-refractivity contribution < 1.29 is 18.3 Å². The Balaban J connectivity index is 1.49. The fourth-order valence-electron chi connectivity index (χ4n) is 6.04. The molecular formula is C30H37F3N4O. The van der Waals surface area contributed by atoms with E-state index in [0.717, 1.165) is 40.9 Å². The van der Waals surface area contributed by atoms with E-state index < -0.39 is 23.8 Å². The molecule has 1 saturated heterocycles. The topological polar surface area (TPSA) is 54.5 Å². The van der Waals surface area contributed by atoms with Crippen molar-refractivity contribution in [3.63, 3.8) is 0 Å². The quantitative estimate of drug-likeness (QED) is 0.307. The van der Waals surface area contributed by atoms with Crippen LogP contribution >= 0.6 is 0 Å². The Bertz CT molecular complexity index is 1280. The minimum Gasteiger partial charge on any atom is -0.393 e. The number of H-pyrrole nitrogens is 1. The predicted molar refractivity (Wildman–Crippen MR) is 146 cm³/mol. The van der Waals surface area contributed by atoms with E-state index in [9.17, 15) is 9.50 Å². The maximum Gasteiger partial charge on any atom is 0.133 e. The van der Waals surface area contributed by atoms with Gasteiger partial charge in [0.25, 0.3) is 0 Å². The van der Waals surface area contributed by atoms with E-state index in [4.69, 9.17) is 0 Å². The van der Waals surface area contributed by atoms with Crippen LogP contribution in [0.15, 0.2) is 48.7 Å². The van der Waals surface area contributed by atoms with Crippen molar-refractivity contribution in [2.45, 2.75) is 63.8 Å². The Morgan fingerprint density at radius 1 is 1.21 bits per heavy atom. The molecule has 3 atom stereocenters. The molecule has 0 amide bonds. The average Bonchev–Trinajstić information content (AvgIpc) is 3.21. The summed E-state index contributed by atoms with van der Waals surface area (Å²) in [5.41, 5.74) is 3.93. The number of para-hydroxylation sites is 1. The highest BCUT2D eigenvalue weighted by molar-refractivity contribution is 5.85. The van der Waals surface area contributed by atoms with Crippen LogP contribution < -0.4 is 5.32 Å². The zero-order chi connectivity index (χ0) is 27.0. The number of benzene rings is 2. The van der Waals surface area contributed by atoms with Gasteiger partial charge in [0.15, 0.2) is 0 Å². The number of fused-ring (bicyclic) bond motifs is 3. The number of hydrogen-bond donors (Lipinski definition) is 3. The number of aromatic amines is 1. The summed E-state index contributed by atoms with van der Waals surface area (Å²) < 4.78 is 44.2. The lowest BCUT2D eigenvalue weighted by Gasteiger charge is -2.44. The monoisotopic (exact) mass is 526 g/mol. The van der Waals surface area contributed by atoms with Gasteiger partial charge in [0.1, 0.15) is 17.7 Å². The molecule has 5 rings (SSSR count). The Hall–Kier alpha value is -2.97. The minimum absolute atomic E-state index is 0.00807. The normalized spacial score (nSPS) is 20.8. The number of aliphatic hydroxyl groups excluding tert-OH is 1. The molecule has 2 aliphatic rings. The van der Waals surface area contributed by atoms with Crippen LogP contribution in [0.3, 0.4) is 0 Å². The molecule has 0 aliphatic carbocycles. The fraction of sp³-hybridized carbons (Fsp3) is 0.467. The number of halogens is 3. The fourth-order valence-corrected chi connectivity index (χ4v) is 6.04. The molecule has 3 aromatic rings. The standard InChI is InChI=1S/C30H37F3N4O/c1-18(9-10-20(3)38)37-19(2)13-24-23-7-4-5-8-27(23)35-29(24)30(37)28-25(32)14-21(15-26(28)33)34-22-16-36(17-22)12-6-11-31/h4-5,7-8,14-15,19-20,22,30,34-35,38H,1,6,9-13,16-17H2,2-3H3/t19-,20+,30-/m0/s1. The van der Waals surface area contributed by atoms with Gasteiger partial charge in [-0.1, -0.05) is 24.8 Å². The van der Waals surface area contributed by atoms with Crippen LogP contribution in [0.25, 0.3) is 10.9 Å². The van der Waals surface area contributed by atoms with Crippen LogP contribution in [0.1, 0.15) is 56.0 Å². The molecule has 1 fully saturated rings. The summed E-state index contributed by atoms with van der Waals surface area (Å²) in [5, 5.41) is 14.2. The van der Waals surface area contributed by atoms with Crippen LogP contribution in [-0.4, -0.2) is 64.4 Å². The van der Waals surface area contributed by atoms with Gasteiger partial charge in [0, 0.05) is 53.7 Å². The molecule has 1 aromatic heterocycles. The first kappa shape index (κ1) is 26.6. The summed E-state index contributed by atoms with van der Waals surface area (Å²) in [5.74, 6) is -1.23. The van der Waals surface area contributed by atoms with Crippen LogP contribution in [0, 0.1) is 11.6 Å². The van der Waals surface area contributed by atoms with Crippen molar-refractivity contribution in [1.82, 2.24) is 14.8 Å². The first-order valence-corrected chi connectivity index (χ1v) is 13.5. The van der Waals surface area contributed by atoms with Gasteiger partial charge in [-0.2, -0.15) is 0 Å². The van der Waals surface area contributed by atoms with E-state index >= 15 is 8.78 Å². The number of nitrogens with zero attached hydrogens (tertiary/aromatic N) is 2. The number of rotatable bonds is 10. The maximum absolute atomic E-state index is 15.9. The molecule has 0 saturated carbocycles. The Morgan fingerprint density at radius 2 is 1.92 bits per heavy atom. The Labute approximate surface area is 222 Å². The highest BCUT2D eigenvalue weighted by Crippen LogP contribution is 2.45. The van der Waals surface area contributed by atoms with Crippen molar-refractivity contribution in [3.8, 4) is 0 Å². The van der Waals surface area contributed by atoms with Crippen molar-refractivity contribution >= 4 is 16.6 Å². The number of likely N-dealkylation sites (tertiary alicyclic amines) is 1. The summed E-state index contributed by atoms with van der Waals surface area (Å²) >= 11 is 0. The number of aromatic nitrogens is 1. The van der Waals surface area contributed by atoms with E-state index in [-0.39, 0.29) is 24.3 Å². The Morgan fingerprint density at radius 3 is 2.61 bits per heavy atom. The molecule has 2 aromatic carbocycles. The highest BCUT2D eigenvalue weighted by Gasteiger charge is 2.39. The molecule has 0 spiro atoms. The lowest BCUT2D eigenvalue weighted by Crippen LogP contribution is -2.54. The second kappa shape index (κ2) is 11.0. The Kier molecular flexibility index (Phi) is 7.73.